The van der Waals surface area contributed by atoms with Crippen LogP contribution in [0.15, 0.2) is 115 Å². The highest BCUT2D eigenvalue weighted by atomic mass is 19.4. The molecule has 2 aliphatic heterocycles. The van der Waals surface area contributed by atoms with Gasteiger partial charge in [-0.2, -0.15) is 13.2 Å². The maximum Gasteiger partial charge on any atom is 0.433 e. The fraction of sp³-hybridized carbons (Fsp3) is 0.277. The Hall–Kier alpha value is -7.43. The van der Waals surface area contributed by atoms with Gasteiger partial charge in [0, 0.05) is 18.7 Å². The van der Waals surface area contributed by atoms with Gasteiger partial charge in [0.15, 0.2) is 0 Å². The first-order valence-corrected chi connectivity index (χ1v) is 20.8. The van der Waals surface area contributed by atoms with Crippen LogP contribution in [0.1, 0.15) is 78.3 Å². The van der Waals surface area contributed by atoms with Crippen molar-refractivity contribution in [2.24, 2.45) is 0 Å². The third kappa shape index (κ3) is 9.05. The minimum absolute atomic E-state index is 0.00104. The number of halogens is 3. The number of carbonyl (C=O) groups is 4. The zero-order chi connectivity index (χ0) is 45.0. The summed E-state index contributed by atoms with van der Waals surface area (Å²) in [5.41, 5.74) is 3.20. The van der Waals surface area contributed by atoms with Gasteiger partial charge in [-0.1, -0.05) is 109 Å². The zero-order valence-corrected chi connectivity index (χ0v) is 34.9. The van der Waals surface area contributed by atoms with Crippen molar-refractivity contribution in [3.8, 4) is 33.6 Å². The molecule has 6 aromatic rings. The number of hydrogen-bond donors (Lipinski definition) is 4. The number of alkyl carbamates (subject to hydrolysis) is 2. The first-order valence-electron chi connectivity index (χ1n) is 20.8. The molecule has 2 aliphatic rings. The number of H-pyrrole nitrogens is 2. The number of amides is 4. The number of aromatic amines is 2. The van der Waals surface area contributed by atoms with Gasteiger partial charge in [0.2, 0.25) is 0 Å². The Morgan fingerprint density at radius 3 is 1.56 bits per heavy atom. The molecule has 4 aromatic carbocycles. The van der Waals surface area contributed by atoms with Crippen molar-refractivity contribution in [3.63, 3.8) is 0 Å². The van der Waals surface area contributed by atoms with Crippen LogP contribution in [0.2, 0.25) is 0 Å². The average Bonchev–Trinajstić information content (AvgIpc) is 4.17. The molecule has 2 saturated heterocycles. The maximum atomic E-state index is 14.6. The summed E-state index contributed by atoms with van der Waals surface area (Å²) in [4.78, 5) is 70.5. The van der Waals surface area contributed by atoms with Crippen LogP contribution in [0, 0.1) is 0 Å². The molecule has 14 nitrogen and oxygen atoms in total. The number of carbonyl (C=O) groups excluding carboxylic acids is 4. The van der Waals surface area contributed by atoms with Crippen molar-refractivity contribution in [1.29, 1.82) is 0 Å². The molecule has 4 amide bonds. The Labute approximate surface area is 366 Å². The number of nitrogens with zero attached hydrogens (tertiary/aromatic N) is 4. The fourth-order valence-corrected chi connectivity index (χ4v) is 8.46. The molecule has 17 heteroatoms. The smallest absolute Gasteiger partial charge is 0.433 e. The topological polar surface area (TPSA) is 175 Å². The summed E-state index contributed by atoms with van der Waals surface area (Å²) in [7, 11) is 2.43. The number of rotatable bonds is 11. The summed E-state index contributed by atoms with van der Waals surface area (Å²) in [6.07, 6.45) is -2.27. The first kappa shape index (κ1) is 43.2. The van der Waals surface area contributed by atoms with Crippen molar-refractivity contribution in [3.05, 3.63) is 144 Å². The molecule has 2 fully saturated rings. The number of hydrogen-bond acceptors (Lipinski definition) is 8. The van der Waals surface area contributed by atoms with Crippen molar-refractivity contribution >= 4 is 24.0 Å². The lowest BCUT2D eigenvalue weighted by Gasteiger charge is -2.28. The van der Waals surface area contributed by atoms with Crippen LogP contribution < -0.4 is 10.6 Å². The summed E-state index contributed by atoms with van der Waals surface area (Å²) in [5.74, 6) is -0.154. The molecular formula is C47H45F3N8O6. The van der Waals surface area contributed by atoms with Gasteiger partial charge in [0.1, 0.15) is 35.1 Å². The quantitative estimate of drug-likeness (QED) is 0.100. The van der Waals surface area contributed by atoms with Gasteiger partial charge in [-0.3, -0.25) is 9.59 Å². The van der Waals surface area contributed by atoms with Crippen molar-refractivity contribution < 1.29 is 41.8 Å². The lowest BCUT2D eigenvalue weighted by molar-refractivity contribution is -0.140. The summed E-state index contributed by atoms with van der Waals surface area (Å²) in [6, 6.07) is 28.6. The van der Waals surface area contributed by atoms with Crippen LogP contribution in [0.25, 0.3) is 33.6 Å². The lowest BCUT2D eigenvalue weighted by atomic mass is 10.0. The van der Waals surface area contributed by atoms with Crippen LogP contribution >= 0.6 is 0 Å². The molecule has 4 N–H and O–H groups in total. The second-order valence-electron chi connectivity index (χ2n) is 15.5. The van der Waals surface area contributed by atoms with Gasteiger partial charge in [0.05, 0.1) is 38.2 Å². The fourth-order valence-electron chi connectivity index (χ4n) is 8.46. The molecule has 64 heavy (non-hydrogen) atoms. The van der Waals surface area contributed by atoms with E-state index in [4.69, 9.17) is 9.47 Å². The second-order valence-corrected chi connectivity index (χ2v) is 15.5. The molecule has 0 saturated carbocycles. The van der Waals surface area contributed by atoms with Gasteiger partial charge in [-0.15, -0.1) is 0 Å². The molecule has 8 rings (SSSR count). The van der Waals surface area contributed by atoms with E-state index in [0.717, 1.165) is 28.8 Å². The number of nitrogens with one attached hydrogen (secondary N) is 4. The van der Waals surface area contributed by atoms with Crippen LogP contribution in [0.5, 0.6) is 0 Å². The van der Waals surface area contributed by atoms with E-state index in [1.807, 2.05) is 30.3 Å². The van der Waals surface area contributed by atoms with Gasteiger partial charge >= 0.3 is 18.4 Å². The van der Waals surface area contributed by atoms with Crippen molar-refractivity contribution in [2.45, 2.75) is 56.0 Å². The van der Waals surface area contributed by atoms with Gasteiger partial charge in [0.25, 0.3) is 11.8 Å². The Morgan fingerprint density at radius 1 is 0.641 bits per heavy atom. The number of alkyl halides is 3. The summed E-state index contributed by atoms with van der Waals surface area (Å²) >= 11 is 0. The predicted molar refractivity (Wildman–Crippen MR) is 229 cm³/mol. The van der Waals surface area contributed by atoms with Crippen LogP contribution in [0.4, 0.5) is 22.8 Å². The molecule has 2 aromatic heterocycles. The molecule has 4 atom stereocenters. The molecule has 330 valence electrons. The minimum Gasteiger partial charge on any atom is -0.453 e. The van der Waals surface area contributed by atoms with E-state index in [-0.39, 0.29) is 35.6 Å². The monoisotopic (exact) mass is 874 g/mol. The van der Waals surface area contributed by atoms with Crippen molar-refractivity contribution in [2.75, 3.05) is 27.3 Å². The maximum absolute atomic E-state index is 14.6. The second kappa shape index (κ2) is 18.5. The molecular weight excluding hydrogens is 830 g/mol. The number of ether oxygens (including phenoxy) is 2. The average molecular weight is 875 g/mol. The largest absolute Gasteiger partial charge is 0.453 e. The normalized spacial score (nSPS) is 17.1. The number of benzene rings is 4. The van der Waals surface area contributed by atoms with E-state index in [1.165, 1.54) is 19.1 Å². The summed E-state index contributed by atoms with van der Waals surface area (Å²) in [6.45, 7) is 0.751. The standard InChI is InChI=1S/C47H45F3N8O6/c1-63-45(61)54-38(31-11-5-3-6-12-31)43(59)57-25-9-15-35(57)41-51-27-34(52-41)30-21-17-28(18-22-30)29-19-23-33(24-20-29)37-40(47(48,49)50)56-42(53-37)36-16-10-26-58(36)44(60)39(55-46(62)64-2)32-13-7-4-8-14-32/h3-8,11-14,17-24,27,35-36,38-39H,9-10,15-16,25-26H2,1-2H3,(H,51,52)(H,53,56)(H,54,61)(H,55,62)/t35-,36-,38+,39+/m0/s1. The zero-order valence-electron chi connectivity index (χ0n) is 34.9. The van der Waals surface area contributed by atoms with E-state index < -0.39 is 48.1 Å². The number of likely N-dealkylation sites (tertiary alicyclic amines) is 2. The number of methoxy groups -OCH3 is 2. The van der Waals surface area contributed by atoms with Crippen LogP contribution in [-0.4, -0.2) is 81.0 Å². The van der Waals surface area contributed by atoms with E-state index >= 15 is 0 Å². The summed E-state index contributed by atoms with van der Waals surface area (Å²) < 4.78 is 53.3. The van der Waals surface area contributed by atoms with E-state index in [2.05, 4.69) is 30.6 Å². The van der Waals surface area contributed by atoms with Crippen LogP contribution in [0.3, 0.4) is 0 Å². The molecule has 0 spiro atoms. The lowest BCUT2D eigenvalue weighted by Crippen LogP contribution is -2.42. The van der Waals surface area contributed by atoms with Gasteiger partial charge in [-0.05, 0) is 53.5 Å². The molecule has 0 unspecified atom stereocenters. The minimum atomic E-state index is -4.77. The molecule has 0 radical (unpaired) electrons. The van der Waals surface area contributed by atoms with Gasteiger partial charge < -0.3 is 39.9 Å². The van der Waals surface area contributed by atoms with Crippen molar-refractivity contribution in [1.82, 2.24) is 40.4 Å². The first-order chi connectivity index (χ1) is 30.9. The molecule has 0 aliphatic carbocycles. The number of aromatic nitrogens is 4. The van der Waals surface area contributed by atoms with E-state index in [1.54, 1.807) is 90.0 Å². The highest BCUT2D eigenvalue weighted by Crippen LogP contribution is 2.41. The van der Waals surface area contributed by atoms with Gasteiger partial charge in [-0.25, -0.2) is 19.6 Å². The Kier molecular flexibility index (Phi) is 12.5. The van der Waals surface area contributed by atoms with Crippen LogP contribution in [-0.2, 0) is 25.2 Å². The molecule has 0 bridgehead atoms. The third-order valence-electron chi connectivity index (χ3n) is 11.6. The van der Waals surface area contributed by atoms with E-state index in [0.29, 0.717) is 42.8 Å². The third-order valence-corrected chi connectivity index (χ3v) is 11.6. The highest BCUT2D eigenvalue weighted by Gasteiger charge is 2.42. The van der Waals surface area contributed by atoms with E-state index in [9.17, 15) is 32.3 Å². The SMILES string of the molecule is COC(=O)N[C@@H](C(=O)N1CCC[C@H]1c1ncc(-c2ccc(-c3ccc(-c4nc([C@@H]5CCCN5C(=O)[C@H](NC(=O)OC)c5ccccc5)[nH]c4C(F)(F)F)cc3)cc2)[nH]1)c1ccccc1. The Balaban J connectivity index is 0.982. The summed E-state index contributed by atoms with van der Waals surface area (Å²) in [5, 5.41) is 5.24. The Bertz CT molecular complexity index is 2600. The highest BCUT2D eigenvalue weighted by molar-refractivity contribution is 5.88. The predicted octanol–water partition coefficient (Wildman–Crippen LogP) is 8.67. The Morgan fingerprint density at radius 2 is 1.09 bits per heavy atom. The number of imidazole rings is 2. The molecule has 4 heterocycles.